The summed E-state index contributed by atoms with van der Waals surface area (Å²) in [6, 6.07) is 5.81. The van der Waals surface area contributed by atoms with Crippen molar-refractivity contribution < 1.29 is 9.47 Å². The molecule has 1 aliphatic rings. The summed E-state index contributed by atoms with van der Waals surface area (Å²) in [4.78, 5) is 22.2. The average Bonchev–Trinajstić information content (AvgIpc) is 2.61. The van der Waals surface area contributed by atoms with E-state index in [4.69, 9.17) is 9.47 Å². The molecule has 0 aliphatic carbocycles. The van der Waals surface area contributed by atoms with Crippen molar-refractivity contribution in [3.05, 3.63) is 51.2 Å². The molecule has 0 bridgehead atoms. The highest BCUT2D eigenvalue weighted by atomic mass is 16.5. The molecule has 1 aromatic carbocycles. The van der Waals surface area contributed by atoms with Crippen LogP contribution >= 0.6 is 0 Å². The van der Waals surface area contributed by atoms with E-state index in [2.05, 4.69) is 14.9 Å². The van der Waals surface area contributed by atoms with Crippen molar-refractivity contribution in [3.8, 4) is 11.5 Å². The molecule has 0 spiro atoms. The molecule has 2 heterocycles. The number of nitrogens with one attached hydrogen (secondary N) is 1. The number of methoxy groups -OCH3 is 2. The van der Waals surface area contributed by atoms with Crippen LogP contribution in [0.5, 0.6) is 11.5 Å². The first-order chi connectivity index (χ1) is 12.0. The fraction of sp³-hybridized carbons (Fsp3) is 0.474. The predicted molar refractivity (Wildman–Crippen MR) is 96.3 cm³/mol. The molecule has 1 aliphatic heterocycles. The van der Waals surface area contributed by atoms with E-state index < -0.39 is 0 Å². The topological polar surface area (TPSA) is 67.5 Å². The van der Waals surface area contributed by atoms with Crippen LogP contribution < -0.4 is 15.0 Å². The van der Waals surface area contributed by atoms with Crippen LogP contribution in [0.2, 0.25) is 0 Å². The summed E-state index contributed by atoms with van der Waals surface area (Å²) in [5.74, 6) is 2.61. The van der Waals surface area contributed by atoms with Crippen molar-refractivity contribution >= 4 is 0 Å². The van der Waals surface area contributed by atoms with E-state index >= 15 is 0 Å². The fourth-order valence-corrected chi connectivity index (χ4v) is 3.17. The Morgan fingerprint density at radius 3 is 2.76 bits per heavy atom. The molecule has 0 saturated heterocycles. The number of H-pyrrole nitrogens is 1. The van der Waals surface area contributed by atoms with E-state index in [1.807, 2.05) is 32.0 Å². The van der Waals surface area contributed by atoms with E-state index in [-0.39, 0.29) is 11.5 Å². The van der Waals surface area contributed by atoms with Crippen LogP contribution in [-0.4, -0.2) is 35.6 Å². The first-order valence-electron chi connectivity index (χ1n) is 8.57. The molecule has 0 unspecified atom stereocenters. The van der Waals surface area contributed by atoms with Gasteiger partial charge in [-0.1, -0.05) is 13.8 Å². The molecule has 134 valence electrons. The summed E-state index contributed by atoms with van der Waals surface area (Å²) >= 11 is 0. The molecular weight excluding hydrogens is 318 g/mol. The van der Waals surface area contributed by atoms with Gasteiger partial charge in [-0.15, -0.1) is 0 Å². The van der Waals surface area contributed by atoms with Crippen LogP contribution in [0, 0.1) is 0 Å². The normalized spacial score (nSPS) is 14.4. The minimum atomic E-state index is 0.00677. The van der Waals surface area contributed by atoms with E-state index in [1.54, 1.807) is 14.2 Å². The van der Waals surface area contributed by atoms with Gasteiger partial charge in [0.15, 0.2) is 0 Å². The van der Waals surface area contributed by atoms with Gasteiger partial charge in [-0.05, 0) is 24.6 Å². The zero-order valence-corrected chi connectivity index (χ0v) is 15.3. The van der Waals surface area contributed by atoms with Crippen molar-refractivity contribution in [3.63, 3.8) is 0 Å². The maximum atomic E-state index is 12.3. The van der Waals surface area contributed by atoms with Gasteiger partial charge in [-0.3, -0.25) is 9.69 Å². The molecule has 0 radical (unpaired) electrons. The van der Waals surface area contributed by atoms with Crippen LogP contribution in [0.4, 0.5) is 0 Å². The Balaban J connectivity index is 1.85. The number of aromatic nitrogens is 2. The summed E-state index contributed by atoms with van der Waals surface area (Å²) in [5.41, 5.74) is 2.78. The third-order valence-corrected chi connectivity index (χ3v) is 4.60. The van der Waals surface area contributed by atoms with Crippen LogP contribution in [0.25, 0.3) is 0 Å². The lowest BCUT2D eigenvalue weighted by atomic mass is 10.0. The van der Waals surface area contributed by atoms with Gasteiger partial charge in [-0.2, -0.15) is 0 Å². The molecule has 6 nitrogen and oxygen atoms in total. The van der Waals surface area contributed by atoms with Gasteiger partial charge in [0.2, 0.25) is 0 Å². The van der Waals surface area contributed by atoms with Gasteiger partial charge in [0.05, 0.1) is 19.9 Å². The Morgan fingerprint density at radius 1 is 1.28 bits per heavy atom. The third kappa shape index (κ3) is 3.69. The largest absolute Gasteiger partial charge is 0.497 e. The van der Waals surface area contributed by atoms with Crippen LogP contribution in [0.1, 0.15) is 42.4 Å². The van der Waals surface area contributed by atoms with Crippen molar-refractivity contribution in [2.24, 2.45) is 0 Å². The van der Waals surface area contributed by atoms with Crippen LogP contribution in [0.15, 0.2) is 23.0 Å². The molecule has 25 heavy (non-hydrogen) atoms. The maximum Gasteiger partial charge on any atom is 0.254 e. The van der Waals surface area contributed by atoms with E-state index in [0.717, 1.165) is 47.2 Å². The third-order valence-electron chi connectivity index (χ3n) is 4.60. The minimum Gasteiger partial charge on any atom is -0.497 e. The lowest BCUT2D eigenvalue weighted by molar-refractivity contribution is 0.236. The average molecular weight is 343 g/mol. The number of aromatic amines is 1. The molecule has 6 heteroatoms. The molecule has 0 fully saturated rings. The molecule has 1 aromatic heterocycles. The van der Waals surface area contributed by atoms with Gasteiger partial charge < -0.3 is 14.5 Å². The predicted octanol–water partition coefficient (Wildman–Crippen LogP) is 2.47. The van der Waals surface area contributed by atoms with Crippen molar-refractivity contribution in [2.75, 3.05) is 20.8 Å². The van der Waals surface area contributed by atoms with Gasteiger partial charge >= 0.3 is 0 Å². The van der Waals surface area contributed by atoms with E-state index in [0.29, 0.717) is 13.0 Å². The van der Waals surface area contributed by atoms with Gasteiger partial charge in [0.1, 0.15) is 17.3 Å². The molecule has 0 amide bonds. The standard InChI is InChI=1S/C19H25N3O3/c1-12(2)18-20-16-11-22(8-7-15(16)19(23)21-18)10-13-9-14(24-3)5-6-17(13)25-4/h5-6,9,12H,7-8,10-11H2,1-4H3,(H,20,21,23). The minimum absolute atomic E-state index is 0.00677. The summed E-state index contributed by atoms with van der Waals surface area (Å²) < 4.78 is 10.8. The number of nitrogens with zero attached hydrogens (tertiary/aromatic N) is 2. The molecule has 1 N–H and O–H groups in total. The Kier molecular flexibility index (Phi) is 5.08. The quantitative estimate of drug-likeness (QED) is 0.903. The van der Waals surface area contributed by atoms with Crippen molar-refractivity contribution in [1.82, 2.24) is 14.9 Å². The second-order valence-electron chi connectivity index (χ2n) is 6.67. The van der Waals surface area contributed by atoms with Gasteiger partial charge in [-0.25, -0.2) is 4.98 Å². The maximum absolute atomic E-state index is 12.3. The molecular formula is C19H25N3O3. The molecule has 2 aromatic rings. The number of hydrogen-bond donors (Lipinski definition) is 1. The number of rotatable bonds is 5. The fourth-order valence-electron chi connectivity index (χ4n) is 3.17. The lowest BCUT2D eigenvalue weighted by Crippen LogP contribution is -2.35. The summed E-state index contributed by atoms with van der Waals surface area (Å²) in [6.07, 6.45) is 0.711. The van der Waals surface area contributed by atoms with Crippen LogP contribution in [0.3, 0.4) is 0 Å². The first kappa shape index (κ1) is 17.5. The molecule has 3 rings (SSSR count). The van der Waals surface area contributed by atoms with Crippen molar-refractivity contribution in [1.29, 1.82) is 0 Å². The second kappa shape index (κ2) is 7.27. The number of hydrogen-bond acceptors (Lipinski definition) is 5. The number of ether oxygens (including phenoxy) is 2. The Morgan fingerprint density at radius 2 is 2.08 bits per heavy atom. The molecule has 0 saturated carbocycles. The monoisotopic (exact) mass is 343 g/mol. The van der Waals surface area contributed by atoms with E-state index in [1.165, 1.54) is 0 Å². The highest BCUT2D eigenvalue weighted by Crippen LogP contribution is 2.27. The zero-order chi connectivity index (χ0) is 18.0. The second-order valence-corrected chi connectivity index (χ2v) is 6.67. The lowest BCUT2D eigenvalue weighted by Gasteiger charge is -2.28. The summed E-state index contributed by atoms with van der Waals surface area (Å²) in [7, 11) is 3.33. The Bertz CT molecular complexity index is 814. The number of fused-ring (bicyclic) bond motifs is 1. The van der Waals surface area contributed by atoms with Crippen LogP contribution in [-0.2, 0) is 19.5 Å². The highest BCUT2D eigenvalue weighted by molar-refractivity contribution is 5.40. The van der Waals surface area contributed by atoms with Crippen molar-refractivity contribution in [2.45, 2.75) is 39.3 Å². The summed E-state index contributed by atoms with van der Waals surface area (Å²) in [6.45, 7) is 6.28. The smallest absolute Gasteiger partial charge is 0.254 e. The van der Waals surface area contributed by atoms with Gasteiger partial charge in [0, 0.05) is 36.7 Å². The number of benzene rings is 1. The Hall–Kier alpha value is -2.34. The first-order valence-corrected chi connectivity index (χ1v) is 8.57. The SMILES string of the molecule is COc1ccc(OC)c(CN2CCc3c(nc(C(C)C)[nH]c3=O)C2)c1. The zero-order valence-electron chi connectivity index (χ0n) is 15.3. The molecule has 0 atom stereocenters. The summed E-state index contributed by atoms with van der Waals surface area (Å²) in [5, 5.41) is 0. The Labute approximate surface area is 147 Å². The van der Waals surface area contributed by atoms with Gasteiger partial charge in [0.25, 0.3) is 5.56 Å². The highest BCUT2D eigenvalue weighted by Gasteiger charge is 2.22. The van der Waals surface area contributed by atoms with E-state index in [9.17, 15) is 4.79 Å².